The van der Waals surface area contributed by atoms with Crippen molar-refractivity contribution in [3.8, 4) is 0 Å². The number of hydrogen-bond donors (Lipinski definition) is 1. The van der Waals surface area contributed by atoms with Gasteiger partial charge in [-0.15, -0.1) is 12.4 Å². The number of aryl methyl sites for hydroxylation is 1. The molecule has 2 rings (SSSR count). The van der Waals surface area contributed by atoms with Crippen LogP contribution in [0.2, 0.25) is 0 Å². The molecule has 6 nitrogen and oxygen atoms in total. The maximum atomic E-state index is 12.9. The summed E-state index contributed by atoms with van der Waals surface area (Å²) >= 11 is 0. The molecule has 1 amide bonds. The van der Waals surface area contributed by atoms with Gasteiger partial charge < -0.3 is 10.2 Å². The maximum Gasteiger partial charge on any atom is 0.253 e. The second-order valence-corrected chi connectivity index (χ2v) is 8.35. The Hall–Kier alpha value is -1.15. The average Bonchev–Trinajstić information content (AvgIpc) is 2.62. The fourth-order valence-electron chi connectivity index (χ4n) is 3.29. The number of carbonyl (C=O) groups is 1. The third kappa shape index (κ3) is 4.76. The highest BCUT2D eigenvalue weighted by Gasteiger charge is 2.27. The molecule has 0 aromatic heterocycles. The second-order valence-electron chi connectivity index (χ2n) is 6.45. The number of amides is 1. The van der Waals surface area contributed by atoms with Crippen LogP contribution in [0.4, 0.5) is 0 Å². The maximum absolute atomic E-state index is 12.9. The van der Waals surface area contributed by atoms with Crippen molar-refractivity contribution >= 4 is 28.3 Å². The molecule has 1 atom stereocenters. The van der Waals surface area contributed by atoms with Gasteiger partial charge in [0.05, 0.1) is 4.90 Å². The van der Waals surface area contributed by atoms with Gasteiger partial charge in [0.15, 0.2) is 0 Å². The number of hydrogen-bond acceptors (Lipinski definition) is 4. The van der Waals surface area contributed by atoms with Crippen molar-refractivity contribution in [2.45, 2.75) is 44.6 Å². The van der Waals surface area contributed by atoms with E-state index in [1.54, 1.807) is 19.1 Å². The van der Waals surface area contributed by atoms with Crippen LogP contribution in [-0.2, 0) is 10.0 Å². The summed E-state index contributed by atoms with van der Waals surface area (Å²) < 4.78 is 27.1. The van der Waals surface area contributed by atoms with Gasteiger partial charge in [0, 0.05) is 37.8 Å². The number of carbonyl (C=O) groups excluding carboxylic acids is 1. The first kappa shape index (κ1) is 22.9. The molecule has 1 unspecified atom stereocenters. The molecular formula is C18H30ClN3O3S. The Balaban J connectivity index is 0.00000338. The highest BCUT2D eigenvalue weighted by molar-refractivity contribution is 7.89. The monoisotopic (exact) mass is 403 g/mol. The van der Waals surface area contributed by atoms with Crippen LogP contribution < -0.4 is 5.32 Å². The quantitative estimate of drug-likeness (QED) is 0.791. The zero-order valence-electron chi connectivity index (χ0n) is 16.0. The lowest BCUT2D eigenvalue weighted by Gasteiger charge is -2.32. The van der Waals surface area contributed by atoms with E-state index < -0.39 is 10.0 Å². The molecule has 0 aliphatic carbocycles. The molecule has 1 aromatic rings. The van der Waals surface area contributed by atoms with Gasteiger partial charge in [0.25, 0.3) is 5.91 Å². The summed E-state index contributed by atoms with van der Waals surface area (Å²) in [4.78, 5) is 14.9. The summed E-state index contributed by atoms with van der Waals surface area (Å²) in [5.74, 6) is -0.101. The molecule has 0 bridgehead atoms. The first-order valence-electron chi connectivity index (χ1n) is 8.92. The SMILES string of the molecule is CCN(CC)S(=O)(=O)c1cc(C(=O)N2CCCC(NC)C2)ccc1C.Cl. The van der Waals surface area contributed by atoms with E-state index in [4.69, 9.17) is 0 Å². The Morgan fingerprint density at radius 2 is 1.96 bits per heavy atom. The van der Waals surface area contributed by atoms with Gasteiger partial charge >= 0.3 is 0 Å². The molecule has 1 aromatic carbocycles. The lowest BCUT2D eigenvalue weighted by molar-refractivity contribution is 0.0698. The molecule has 0 radical (unpaired) electrons. The molecule has 148 valence electrons. The Bertz CT molecular complexity index is 720. The summed E-state index contributed by atoms with van der Waals surface area (Å²) in [7, 11) is -1.68. The van der Waals surface area contributed by atoms with Gasteiger partial charge in [0.1, 0.15) is 0 Å². The van der Waals surface area contributed by atoms with Crippen molar-refractivity contribution in [2.24, 2.45) is 0 Å². The number of likely N-dealkylation sites (N-methyl/N-ethyl adjacent to an activating group) is 1. The number of halogens is 1. The van der Waals surface area contributed by atoms with E-state index >= 15 is 0 Å². The normalized spacial score (nSPS) is 17.9. The highest BCUT2D eigenvalue weighted by Crippen LogP contribution is 2.23. The molecule has 1 N–H and O–H groups in total. The molecule has 8 heteroatoms. The van der Waals surface area contributed by atoms with Crippen LogP contribution in [0.3, 0.4) is 0 Å². The van der Waals surface area contributed by atoms with Crippen LogP contribution in [-0.4, -0.2) is 62.8 Å². The molecule has 1 saturated heterocycles. The van der Waals surface area contributed by atoms with E-state index in [0.29, 0.717) is 43.3 Å². The Morgan fingerprint density at radius 3 is 2.54 bits per heavy atom. The predicted molar refractivity (Wildman–Crippen MR) is 107 cm³/mol. The van der Waals surface area contributed by atoms with Gasteiger partial charge in [-0.1, -0.05) is 19.9 Å². The summed E-state index contributed by atoms with van der Waals surface area (Å²) in [5.41, 5.74) is 1.10. The van der Waals surface area contributed by atoms with Crippen molar-refractivity contribution in [1.29, 1.82) is 0 Å². The van der Waals surface area contributed by atoms with Crippen LogP contribution in [0.5, 0.6) is 0 Å². The molecule has 0 spiro atoms. The standard InChI is InChI=1S/C18H29N3O3S.ClH/c1-5-21(6-2)25(23,24)17-12-15(10-9-14(17)3)18(22)20-11-7-8-16(13-20)19-4;/h9-10,12,16,19H,5-8,11,13H2,1-4H3;1H. The van der Waals surface area contributed by atoms with Gasteiger partial charge in [-0.25, -0.2) is 8.42 Å². The second kappa shape index (κ2) is 9.69. The number of nitrogens with one attached hydrogen (secondary N) is 1. The van der Waals surface area contributed by atoms with Gasteiger partial charge in [-0.3, -0.25) is 4.79 Å². The van der Waals surface area contributed by atoms with Gasteiger partial charge in [-0.05, 0) is 44.5 Å². The topological polar surface area (TPSA) is 69.7 Å². The average molecular weight is 404 g/mol. The van der Waals surface area contributed by atoms with E-state index in [2.05, 4.69) is 5.32 Å². The lowest BCUT2D eigenvalue weighted by atomic mass is 10.0. The molecule has 1 aliphatic heterocycles. The Morgan fingerprint density at radius 1 is 1.31 bits per heavy atom. The van der Waals surface area contributed by atoms with Crippen LogP contribution in [0.1, 0.15) is 42.6 Å². The zero-order chi connectivity index (χ0) is 18.6. The van der Waals surface area contributed by atoms with Crippen LogP contribution in [0, 0.1) is 6.92 Å². The fourth-order valence-corrected chi connectivity index (χ4v) is 5.00. The van der Waals surface area contributed by atoms with E-state index in [0.717, 1.165) is 12.8 Å². The minimum Gasteiger partial charge on any atom is -0.337 e. The number of sulfonamides is 1. The summed E-state index contributed by atoms with van der Waals surface area (Å²) in [6.07, 6.45) is 2.00. The third-order valence-electron chi connectivity index (χ3n) is 4.88. The Kier molecular flexibility index (Phi) is 8.53. The largest absolute Gasteiger partial charge is 0.337 e. The molecule has 1 heterocycles. The van der Waals surface area contributed by atoms with E-state index in [1.165, 1.54) is 10.4 Å². The van der Waals surface area contributed by atoms with Crippen molar-refractivity contribution in [1.82, 2.24) is 14.5 Å². The summed E-state index contributed by atoms with van der Waals surface area (Å²) in [5, 5.41) is 3.22. The van der Waals surface area contributed by atoms with Crippen LogP contribution >= 0.6 is 12.4 Å². The van der Waals surface area contributed by atoms with Crippen LogP contribution in [0.15, 0.2) is 23.1 Å². The summed E-state index contributed by atoms with van der Waals surface area (Å²) in [6.45, 7) is 7.58. The Labute approximate surface area is 163 Å². The molecular weight excluding hydrogens is 374 g/mol. The molecule has 0 saturated carbocycles. The first-order chi connectivity index (χ1) is 11.8. The van der Waals surface area contributed by atoms with Crippen LogP contribution in [0.25, 0.3) is 0 Å². The van der Waals surface area contributed by atoms with E-state index in [1.807, 2.05) is 25.8 Å². The predicted octanol–water partition coefficient (Wildman–Crippen LogP) is 2.27. The third-order valence-corrected chi connectivity index (χ3v) is 7.07. The number of likely N-dealkylation sites (tertiary alicyclic amines) is 1. The van der Waals surface area contributed by atoms with Gasteiger partial charge in [0.2, 0.25) is 10.0 Å². The fraction of sp³-hybridized carbons (Fsp3) is 0.611. The number of rotatable bonds is 6. The summed E-state index contributed by atoms with van der Waals surface area (Å²) in [6, 6.07) is 5.28. The van der Waals surface area contributed by atoms with Gasteiger partial charge in [-0.2, -0.15) is 4.31 Å². The molecule has 26 heavy (non-hydrogen) atoms. The minimum absolute atomic E-state index is 0. The highest BCUT2D eigenvalue weighted by atomic mass is 35.5. The lowest BCUT2D eigenvalue weighted by Crippen LogP contribution is -2.47. The van der Waals surface area contributed by atoms with Crippen molar-refractivity contribution in [3.63, 3.8) is 0 Å². The minimum atomic E-state index is -3.58. The first-order valence-corrected chi connectivity index (χ1v) is 10.4. The smallest absolute Gasteiger partial charge is 0.253 e. The van der Waals surface area contributed by atoms with E-state index in [-0.39, 0.29) is 23.2 Å². The molecule has 1 fully saturated rings. The van der Waals surface area contributed by atoms with Crippen molar-refractivity contribution in [3.05, 3.63) is 29.3 Å². The number of nitrogens with zero attached hydrogens (tertiary/aromatic N) is 2. The number of piperidine rings is 1. The molecule has 1 aliphatic rings. The van der Waals surface area contributed by atoms with Crippen molar-refractivity contribution in [2.75, 3.05) is 33.2 Å². The zero-order valence-corrected chi connectivity index (χ0v) is 17.6. The van der Waals surface area contributed by atoms with E-state index in [9.17, 15) is 13.2 Å². The van der Waals surface area contributed by atoms with Crippen molar-refractivity contribution < 1.29 is 13.2 Å². The number of benzene rings is 1.